The molecule has 0 aromatic carbocycles. The first-order valence-corrected chi connectivity index (χ1v) is 35.3. The Bertz CT molecular complexity index is 4050. The SMILES string of the molecule is CC(C)(C)OC(=O)N1C[C@@H](CCC(Nc2cccc(S(=O)(=O)NC(=O)c3ccc(C(C)(C)C)nc3F)n2)c2cc(Cl)ccn2)CC1(C)C.CC(C)(C)OC(=O)N1C[C@@H](CCC(Nc2cccc(S(N)(=O)=O)n2)c2cc(Cl)ccn2)CC1(C)C.CC(C)(C)c1ccc(C(=O)O)c(F)n1. The van der Waals surface area contributed by atoms with Crippen LogP contribution in [0, 0.1) is 23.7 Å². The molecule has 8 heterocycles. The molecule has 0 saturated carbocycles. The Hall–Kier alpha value is -7.72. The van der Waals surface area contributed by atoms with E-state index in [9.17, 15) is 44.8 Å². The van der Waals surface area contributed by atoms with Crippen molar-refractivity contribution in [2.45, 2.75) is 205 Å². The molecule has 2 aliphatic rings. The van der Waals surface area contributed by atoms with Gasteiger partial charge in [0.15, 0.2) is 10.1 Å². The lowest BCUT2D eigenvalue weighted by Crippen LogP contribution is -2.45. The molecule has 2 unspecified atom stereocenters. The van der Waals surface area contributed by atoms with Crippen LogP contribution in [-0.2, 0) is 40.4 Å². The number of carboxylic acid groups (broad SMARTS) is 1. The Morgan fingerprint density at radius 2 is 1.00 bits per heavy atom. The number of pyridine rings is 6. The minimum absolute atomic E-state index is 0.165. The molecule has 6 aromatic heterocycles. The van der Waals surface area contributed by atoms with E-state index in [1.807, 2.05) is 116 Å². The molecule has 4 atom stereocenters. The summed E-state index contributed by atoms with van der Waals surface area (Å²) in [4.78, 5) is 77.4. The fourth-order valence-electron chi connectivity index (χ4n) is 11.0. The van der Waals surface area contributed by atoms with Crippen molar-refractivity contribution in [3.8, 4) is 0 Å². The van der Waals surface area contributed by atoms with Gasteiger partial charge in [0.1, 0.15) is 28.4 Å². The fraction of sp³-hybridized carbons (Fsp3) is 0.500. The van der Waals surface area contributed by atoms with Crippen molar-refractivity contribution in [3.63, 3.8) is 0 Å². The Morgan fingerprint density at radius 1 is 0.608 bits per heavy atom. The van der Waals surface area contributed by atoms with E-state index in [2.05, 4.69) is 40.5 Å². The van der Waals surface area contributed by atoms with E-state index in [0.29, 0.717) is 71.0 Å². The number of likely N-dealkylation sites (tertiary alicyclic amines) is 2. The molecule has 6 aromatic rings. The van der Waals surface area contributed by atoms with Crippen LogP contribution >= 0.6 is 23.2 Å². The number of nitrogens with one attached hydrogen (secondary N) is 3. The van der Waals surface area contributed by atoms with Crippen LogP contribution in [0.3, 0.4) is 0 Å². The largest absolute Gasteiger partial charge is 0.478 e. The van der Waals surface area contributed by atoms with E-state index in [-0.39, 0.29) is 51.9 Å². The van der Waals surface area contributed by atoms with Crippen molar-refractivity contribution in [3.05, 3.63) is 153 Å². The van der Waals surface area contributed by atoms with Crippen LogP contribution < -0.4 is 20.5 Å². The third kappa shape index (κ3) is 22.9. The maximum atomic E-state index is 14.7. The zero-order chi connectivity index (χ0) is 72.6. The summed E-state index contributed by atoms with van der Waals surface area (Å²) in [5, 5.41) is 20.8. The van der Waals surface area contributed by atoms with Gasteiger partial charge in [-0.2, -0.15) is 17.2 Å². The molecule has 2 aliphatic heterocycles. The average molecular weight is 1420 g/mol. The van der Waals surface area contributed by atoms with E-state index in [4.69, 9.17) is 42.9 Å². The van der Waals surface area contributed by atoms with E-state index in [0.717, 1.165) is 19.3 Å². The van der Waals surface area contributed by atoms with Gasteiger partial charge >= 0.3 is 18.2 Å². The highest BCUT2D eigenvalue weighted by atomic mass is 35.5. The Balaban J connectivity index is 0.000000263. The maximum absolute atomic E-state index is 14.7. The van der Waals surface area contributed by atoms with Crippen molar-refractivity contribution in [2.24, 2.45) is 17.0 Å². The van der Waals surface area contributed by atoms with Crippen LogP contribution in [-0.4, -0.2) is 121 Å². The molecular formula is C68H90Cl2F2N12O11S2. The number of sulfonamides is 2. The number of rotatable bonds is 17. The second-order valence-electron chi connectivity index (χ2n) is 29.4. The van der Waals surface area contributed by atoms with Gasteiger partial charge in [-0.15, -0.1) is 0 Å². The summed E-state index contributed by atoms with van der Waals surface area (Å²) in [5.74, 6) is -3.47. The molecule has 0 spiro atoms. The highest BCUT2D eigenvalue weighted by molar-refractivity contribution is 7.90. The van der Waals surface area contributed by atoms with E-state index >= 15 is 0 Å². The first kappa shape index (κ1) is 78.3. The number of nitrogens with two attached hydrogens (primary N) is 1. The Kier molecular flexibility index (Phi) is 25.0. The van der Waals surface area contributed by atoms with Gasteiger partial charge in [-0.05, 0) is 192 Å². The number of halogens is 4. The van der Waals surface area contributed by atoms with Crippen LogP contribution in [0.5, 0.6) is 0 Å². The van der Waals surface area contributed by atoms with Gasteiger partial charge in [-0.1, -0.05) is 76.9 Å². The third-order valence-corrected chi connectivity index (χ3v) is 18.2. The normalized spacial score (nSPS) is 16.9. The van der Waals surface area contributed by atoms with Gasteiger partial charge in [0, 0.05) is 68.8 Å². The Labute approximate surface area is 578 Å². The summed E-state index contributed by atoms with van der Waals surface area (Å²) in [6.07, 6.45) is 6.88. The number of amides is 3. The van der Waals surface area contributed by atoms with Crippen LogP contribution in [0.4, 0.5) is 30.0 Å². The molecular weight excluding hydrogens is 1330 g/mol. The molecule has 0 bridgehead atoms. The van der Waals surface area contributed by atoms with Gasteiger partial charge in [0.2, 0.25) is 11.9 Å². The van der Waals surface area contributed by atoms with Gasteiger partial charge in [0.25, 0.3) is 26.0 Å². The lowest BCUT2D eigenvalue weighted by Gasteiger charge is -2.33. The number of hydrogen-bond acceptors (Lipinski definition) is 18. The fourth-order valence-corrected chi connectivity index (χ4v) is 12.7. The minimum atomic E-state index is -4.49. The number of aromatic nitrogens is 6. The summed E-state index contributed by atoms with van der Waals surface area (Å²) >= 11 is 12.5. The number of nitrogens with zero attached hydrogens (tertiary/aromatic N) is 8. The maximum Gasteiger partial charge on any atom is 0.410 e. The van der Waals surface area contributed by atoms with Crippen LogP contribution in [0.25, 0.3) is 0 Å². The molecule has 528 valence electrons. The number of carbonyl (C=O) groups excluding carboxylic acids is 3. The topological polar surface area (TPSA) is 321 Å². The number of primary sulfonamides is 1. The zero-order valence-corrected chi connectivity index (χ0v) is 60.9. The summed E-state index contributed by atoms with van der Waals surface area (Å²) < 4.78 is 90.9. The second-order valence-corrected chi connectivity index (χ2v) is 33.4. The molecule has 0 radical (unpaired) electrons. The first-order valence-electron chi connectivity index (χ1n) is 31.5. The predicted molar refractivity (Wildman–Crippen MR) is 367 cm³/mol. The minimum Gasteiger partial charge on any atom is -0.478 e. The standard InChI is InChI=1S/C34H44ClFN6O5S.C24H34ClN5O4S.C10H12FNO2/c1-32(2,3)26-15-13-23(29(36)39-26)30(43)41-48(45,46)28-11-9-10-27(40-28)38-24(25-18-22(35)16-17-37-25)14-12-21-19-34(7,8)42(20-21)31(44)47-33(4,5)6;1-23(2,3)34-22(31)30-15-16(14-24(30,4)5)9-10-18(19-13-17(25)11-12-27-19)28-20-7-6-8-21(29-20)35(26,32)33;1-10(2,3)7-5-4-6(9(13)14)8(11)12-7/h9-11,13,15-18,21,24H,12,14,19-20H2,1-8H3,(H,38,40)(H,41,43);6-8,11-13,16,18H,9-10,14-15H2,1-5H3,(H,28,29)(H2,26,32,33);4-5H,1-3H3,(H,13,14)/t21-,24?;16-,18?;/m00./s1. The van der Waals surface area contributed by atoms with E-state index in [1.165, 1.54) is 42.5 Å². The van der Waals surface area contributed by atoms with E-state index < -0.39 is 88.2 Å². The smallest absolute Gasteiger partial charge is 0.410 e. The van der Waals surface area contributed by atoms with E-state index in [1.54, 1.807) is 64.7 Å². The lowest BCUT2D eigenvalue weighted by atomic mass is 9.91. The quantitative estimate of drug-likeness (QED) is 0.0530. The van der Waals surface area contributed by atoms with Crippen molar-refractivity contribution in [1.82, 2.24) is 44.4 Å². The molecule has 23 nitrogen and oxygen atoms in total. The molecule has 8 rings (SSSR count). The molecule has 2 fully saturated rings. The van der Waals surface area contributed by atoms with Crippen molar-refractivity contribution in [2.75, 3.05) is 23.7 Å². The molecule has 3 amide bonds. The molecule has 97 heavy (non-hydrogen) atoms. The number of carbonyl (C=O) groups is 4. The molecule has 0 aliphatic carbocycles. The van der Waals surface area contributed by atoms with Crippen molar-refractivity contribution in [1.29, 1.82) is 0 Å². The summed E-state index contributed by atoms with van der Waals surface area (Å²) in [7, 11) is -8.42. The third-order valence-electron chi connectivity index (χ3n) is 15.7. The number of aromatic carboxylic acids is 1. The highest BCUT2D eigenvalue weighted by Crippen LogP contribution is 2.40. The van der Waals surface area contributed by atoms with Gasteiger partial charge in [-0.25, -0.2) is 52.6 Å². The van der Waals surface area contributed by atoms with Crippen molar-refractivity contribution >= 4 is 78.9 Å². The first-order chi connectivity index (χ1) is 44.6. The highest BCUT2D eigenvalue weighted by Gasteiger charge is 2.45. The van der Waals surface area contributed by atoms with Crippen molar-refractivity contribution < 1.29 is 59.4 Å². The summed E-state index contributed by atoms with van der Waals surface area (Å²) in [6, 6.07) is 20.5. The van der Waals surface area contributed by atoms with Crippen LogP contribution in [0.2, 0.25) is 10.0 Å². The van der Waals surface area contributed by atoms with Gasteiger partial charge < -0.3 is 35.0 Å². The average Bonchev–Trinajstić information content (AvgIpc) is 1.71. The predicted octanol–water partition coefficient (Wildman–Crippen LogP) is 14.0. The molecule has 2 saturated heterocycles. The van der Waals surface area contributed by atoms with Crippen LogP contribution in [0.1, 0.15) is 205 Å². The monoisotopic (exact) mass is 1420 g/mol. The zero-order valence-electron chi connectivity index (χ0n) is 57.7. The summed E-state index contributed by atoms with van der Waals surface area (Å²) in [5.41, 5.74) is -1.24. The van der Waals surface area contributed by atoms with Crippen LogP contribution in [0.15, 0.2) is 107 Å². The second kappa shape index (κ2) is 31.0. The molecule has 6 N–H and O–H groups in total. The number of carboxylic acids is 1. The van der Waals surface area contributed by atoms with Gasteiger partial charge in [0.05, 0.1) is 29.0 Å². The number of anilines is 2. The van der Waals surface area contributed by atoms with Gasteiger partial charge in [-0.3, -0.25) is 14.8 Å². The number of ether oxygens (including phenoxy) is 2. The number of hydrogen-bond donors (Lipinski definition) is 5. The Morgan fingerprint density at radius 3 is 1.36 bits per heavy atom. The lowest BCUT2D eigenvalue weighted by molar-refractivity contribution is 0.0118. The molecule has 29 heteroatoms. The summed E-state index contributed by atoms with van der Waals surface area (Å²) in [6.45, 7) is 31.5.